The lowest BCUT2D eigenvalue weighted by atomic mass is 10.1. The van der Waals surface area contributed by atoms with E-state index in [-0.39, 0.29) is 17.3 Å². The highest BCUT2D eigenvalue weighted by molar-refractivity contribution is 8.00. The highest BCUT2D eigenvalue weighted by atomic mass is 32.2. The van der Waals surface area contributed by atoms with Crippen LogP contribution in [0.4, 0.5) is 4.79 Å². The van der Waals surface area contributed by atoms with E-state index in [4.69, 9.17) is 0 Å². The number of hydrogen-bond donors (Lipinski definition) is 1. The first-order valence-electron chi connectivity index (χ1n) is 6.80. The molecule has 116 valence electrons. The van der Waals surface area contributed by atoms with E-state index in [0.29, 0.717) is 12.3 Å². The SMILES string of the molecule is CC(C)C1SCC(C(=O)O)N1C(=O)N(C)Cc1ccsc1. The van der Waals surface area contributed by atoms with Crippen LogP contribution in [0.2, 0.25) is 0 Å². The Labute approximate surface area is 132 Å². The Morgan fingerprint density at radius 2 is 2.24 bits per heavy atom. The van der Waals surface area contributed by atoms with Crippen molar-refractivity contribution in [2.45, 2.75) is 31.8 Å². The molecule has 1 saturated heterocycles. The van der Waals surface area contributed by atoms with Gasteiger partial charge in [0.1, 0.15) is 6.04 Å². The van der Waals surface area contributed by atoms with Crippen LogP contribution in [0.1, 0.15) is 19.4 Å². The van der Waals surface area contributed by atoms with Crippen molar-refractivity contribution in [1.29, 1.82) is 0 Å². The van der Waals surface area contributed by atoms with Gasteiger partial charge in [0, 0.05) is 19.3 Å². The number of amides is 2. The van der Waals surface area contributed by atoms with E-state index in [1.807, 2.05) is 30.7 Å². The molecule has 1 aromatic rings. The van der Waals surface area contributed by atoms with Crippen LogP contribution >= 0.6 is 23.1 Å². The van der Waals surface area contributed by atoms with Gasteiger partial charge in [-0.3, -0.25) is 4.90 Å². The number of urea groups is 1. The summed E-state index contributed by atoms with van der Waals surface area (Å²) in [6, 6.07) is 1.03. The van der Waals surface area contributed by atoms with Crippen molar-refractivity contribution in [3.63, 3.8) is 0 Å². The summed E-state index contributed by atoms with van der Waals surface area (Å²) < 4.78 is 0. The summed E-state index contributed by atoms with van der Waals surface area (Å²) >= 11 is 3.13. The van der Waals surface area contributed by atoms with Gasteiger partial charge in [-0.1, -0.05) is 13.8 Å². The summed E-state index contributed by atoms with van der Waals surface area (Å²) in [6.07, 6.45) is 0. The zero-order chi connectivity index (χ0) is 15.6. The monoisotopic (exact) mass is 328 g/mol. The summed E-state index contributed by atoms with van der Waals surface area (Å²) in [5, 5.41) is 13.2. The molecule has 1 aromatic heterocycles. The summed E-state index contributed by atoms with van der Waals surface area (Å²) in [6.45, 7) is 4.53. The maximum absolute atomic E-state index is 12.7. The van der Waals surface area contributed by atoms with Gasteiger partial charge in [-0.25, -0.2) is 9.59 Å². The molecular formula is C14H20N2O3S2. The van der Waals surface area contributed by atoms with Gasteiger partial charge in [-0.15, -0.1) is 11.8 Å². The molecule has 0 radical (unpaired) electrons. The van der Waals surface area contributed by atoms with Crippen LogP contribution in [-0.2, 0) is 11.3 Å². The van der Waals surface area contributed by atoms with E-state index < -0.39 is 12.0 Å². The summed E-state index contributed by atoms with van der Waals surface area (Å²) in [5.41, 5.74) is 1.07. The molecule has 2 amide bonds. The van der Waals surface area contributed by atoms with Crippen LogP contribution in [0.5, 0.6) is 0 Å². The maximum Gasteiger partial charge on any atom is 0.327 e. The molecule has 1 fully saturated rings. The number of carboxylic acids is 1. The fourth-order valence-electron chi connectivity index (χ4n) is 2.40. The molecule has 1 aliphatic heterocycles. The van der Waals surface area contributed by atoms with Gasteiger partial charge in [-0.2, -0.15) is 11.3 Å². The molecule has 0 bridgehead atoms. The number of carboxylic acid groups (broad SMARTS) is 1. The first-order chi connectivity index (χ1) is 9.91. The van der Waals surface area contributed by atoms with Crippen LogP contribution in [0.15, 0.2) is 16.8 Å². The van der Waals surface area contributed by atoms with Crippen molar-refractivity contribution in [3.8, 4) is 0 Å². The Morgan fingerprint density at radius 1 is 1.52 bits per heavy atom. The number of aliphatic carboxylic acids is 1. The lowest BCUT2D eigenvalue weighted by Crippen LogP contribution is -2.51. The van der Waals surface area contributed by atoms with Gasteiger partial charge in [0.2, 0.25) is 0 Å². The van der Waals surface area contributed by atoms with Crippen molar-refractivity contribution < 1.29 is 14.7 Å². The Hall–Kier alpha value is -1.21. The van der Waals surface area contributed by atoms with Gasteiger partial charge in [0.15, 0.2) is 0 Å². The first kappa shape index (κ1) is 16.2. The second kappa shape index (κ2) is 6.70. The van der Waals surface area contributed by atoms with Crippen molar-refractivity contribution in [3.05, 3.63) is 22.4 Å². The lowest BCUT2D eigenvalue weighted by Gasteiger charge is -2.33. The van der Waals surface area contributed by atoms with Crippen LogP contribution in [0, 0.1) is 5.92 Å². The normalized spacial score (nSPS) is 21.8. The summed E-state index contributed by atoms with van der Waals surface area (Å²) in [7, 11) is 1.72. The lowest BCUT2D eigenvalue weighted by molar-refractivity contribution is -0.141. The van der Waals surface area contributed by atoms with Crippen molar-refractivity contribution >= 4 is 35.1 Å². The Morgan fingerprint density at radius 3 is 2.76 bits per heavy atom. The molecule has 0 aliphatic carbocycles. The third-order valence-electron chi connectivity index (χ3n) is 3.44. The van der Waals surface area contributed by atoms with Crippen molar-refractivity contribution in [1.82, 2.24) is 9.80 Å². The van der Waals surface area contributed by atoms with Crippen LogP contribution < -0.4 is 0 Å². The zero-order valence-corrected chi connectivity index (χ0v) is 14.0. The van der Waals surface area contributed by atoms with E-state index >= 15 is 0 Å². The van der Waals surface area contributed by atoms with E-state index in [1.54, 1.807) is 35.0 Å². The number of carbonyl (C=O) groups is 2. The predicted molar refractivity (Wildman–Crippen MR) is 85.5 cm³/mol. The first-order valence-corrected chi connectivity index (χ1v) is 8.80. The fourth-order valence-corrected chi connectivity index (χ4v) is 4.52. The van der Waals surface area contributed by atoms with Crippen LogP contribution in [0.3, 0.4) is 0 Å². The average Bonchev–Trinajstić information content (AvgIpc) is 3.05. The smallest absolute Gasteiger partial charge is 0.327 e. The zero-order valence-electron chi connectivity index (χ0n) is 12.4. The second-order valence-corrected chi connectivity index (χ2v) is 7.43. The van der Waals surface area contributed by atoms with Crippen molar-refractivity contribution in [2.24, 2.45) is 5.92 Å². The average molecular weight is 328 g/mol. The minimum Gasteiger partial charge on any atom is -0.480 e. The summed E-state index contributed by atoms with van der Waals surface area (Å²) in [4.78, 5) is 27.2. The highest BCUT2D eigenvalue weighted by Gasteiger charge is 2.43. The molecule has 0 spiro atoms. The maximum atomic E-state index is 12.7. The standard InChI is InChI=1S/C14H20N2O3S2/c1-9(2)12-16(11(8-21-12)13(17)18)14(19)15(3)6-10-4-5-20-7-10/h4-5,7,9,11-12H,6,8H2,1-3H3,(H,17,18). The largest absolute Gasteiger partial charge is 0.480 e. The molecule has 5 nitrogen and oxygen atoms in total. The molecule has 1 aliphatic rings. The minimum absolute atomic E-state index is 0.0801. The van der Waals surface area contributed by atoms with E-state index in [1.165, 1.54) is 4.90 Å². The number of nitrogens with zero attached hydrogens (tertiary/aromatic N) is 2. The Bertz CT molecular complexity index is 504. The van der Waals surface area contributed by atoms with Gasteiger partial charge in [0.25, 0.3) is 0 Å². The summed E-state index contributed by atoms with van der Waals surface area (Å²) in [5.74, 6) is -0.253. The number of thiophene rings is 1. The van der Waals surface area contributed by atoms with E-state index in [2.05, 4.69) is 0 Å². The van der Waals surface area contributed by atoms with Crippen LogP contribution in [-0.4, -0.2) is 51.1 Å². The molecule has 2 heterocycles. The van der Waals surface area contributed by atoms with Crippen LogP contribution in [0.25, 0.3) is 0 Å². The molecule has 2 atom stereocenters. The Kier molecular flexibility index (Phi) is 5.16. The molecule has 1 N–H and O–H groups in total. The van der Waals surface area contributed by atoms with Gasteiger partial charge >= 0.3 is 12.0 Å². The molecule has 0 saturated carbocycles. The minimum atomic E-state index is -0.928. The topological polar surface area (TPSA) is 60.9 Å². The number of thioether (sulfide) groups is 1. The van der Waals surface area contributed by atoms with E-state index in [0.717, 1.165) is 5.56 Å². The fraction of sp³-hybridized carbons (Fsp3) is 0.571. The number of rotatable bonds is 4. The predicted octanol–water partition coefficient (Wildman–Crippen LogP) is 2.78. The highest BCUT2D eigenvalue weighted by Crippen LogP contribution is 2.34. The molecule has 2 unspecified atom stereocenters. The molecule has 0 aromatic carbocycles. The molecule has 2 rings (SSSR count). The number of hydrogen-bond acceptors (Lipinski definition) is 4. The molecule has 7 heteroatoms. The molecule has 21 heavy (non-hydrogen) atoms. The Balaban J connectivity index is 2.14. The van der Waals surface area contributed by atoms with Gasteiger partial charge in [0.05, 0.1) is 5.37 Å². The third kappa shape index (κ3) is 3.52. The van der Waals surface area contributed by atoms with Crippen molar-refractivity contribution in [2.75, 3.05) is 12.8 Å². The third-order valence-corrected chi connectivity index (χ3v) is 5.79. The number of carbonyl (C=O) groups excluding carboxylic acids is 1. The molecular weight excluding hydrogens is 308 g/mol. The second-order valence-electron chi connectivity index (χ2n) is 5.50. The van der Waals surface area contributed by atoms with E-state index in [9.17, 15) is 14.7 Å². The quantitative estimate of drug-likeness (QED) is 0.923. The van der Waals surface area contributed by atoms with Gasteiger partial charge in [-0.05, 0) is 28.3 Å². The van der Waals surface area contributed by atoms with Gasteiger partial charge < -0.3 is 10.0 Å².